The third-order valence-corrected chi connectivity index (χ3v) is 3.84. The fraction of sp³-hybridized carbons (Fsp3) is 0.500. The van der Waals surface area contributed by atoms with E-state index in [0.29, 0.717) is 28.9 Å². The van der Waals surface area contributed by atoms with E-state index >= 15 is 0 Å². The van der Waals surface area contributed by atoms with Gasteiger partial charge in [-0.2, -0.15) is 0 Å². The number of ether oxygens (including phenoxy) is 1. The maximum absolute atomic E-state index is 11.4. The Bertz CT molecular complexity index is 505. The van der Waals surface area contributed by atoms with Crippen LogP contribution in [0.1, 0.15) is 23.2 Å². The number of piperidine rings is 1. The van der Waals surface area contributed by atoms with Crippen LogP contribution in [0.2, 0.25) is 5.02 Å². The van der Waals surface area contributed by atoms with E-state index in [9.17, 15) is 9.90 Å². The smallest absolute Gasteiger partial charge is 0.337 e. The number of nitrogens with two attached hydrogens (primary N) is 1. The molecule has 6 heteroatoms. The van der Waals surface area contributed by atoms with Crippen LogP contribution < -0.4 is 10.6 Å². The number of carbonyl (C=O) groups is 1. The normalized spacial score (nSPS) is 19.1. The van der Waals surface area contributed by atoms with Crippen LogP contribution in [0.5, 0.6) is 0 Å². The number of hydrogen-bond acceptors (Lipinski definition) is 4. The first-order valence-electron chi connectivity index (χ1n) is 6.59. The van der Waals surface area contributed by atoms with Crippen LogP contribution in [0.25, 0.3) is 0 Å². The number of anilines is 2. The highest BCUT2D eigenvalue weighted by atomic mass is 35.5. The molecule has 1 heterocycles. The average Bonchev–Trinajstić information content (AvgIpc) is 2.38. The van der Waals surface area contributed by atoms with E-state index in [1.165, 1.54) is 6.07 Å². The average molecular weight is 299 g/mol. The summed E-state index contributed by atoms with van der Waals surface area (Å²) >= 11 is 6.22. The van der Waals surface area contributed by atoms with E-state index in [2.05, 4.69) is 0 Å². The number of methoxy groups -OCH3 is 1. The van der Waals surface area contributed by atoms with Gasteiger partial charge in [0.1, 0.15) is 0 Å². The van der Waals surface area contributed by atoms with Crippen LogP contribution in [-0.2, 0) is 4.74 Å². The topological polar surface area (TPSA) is 75.8 Å². The molecule has 1 unspecified atom stereocenters. The van der Waals surface area contributed by atoms with E-state index in [0.717, 1.165) is 25.9 Å². The molecule has 0 radical (unpaired) electrons. The maximum Gasteiger partial charge on any atom is 0.337 e. The number of rotatable bonds is 4. The molecule has 1 aliphatic rings. The Morgan fingerprint density at radius 3 is 3.00 bits per heavy atom. The molecule has 0 bridgehead atoms. The Labute approximate surface area is 123 Å². The van der Waals surface area contributed by atoms with Crippen molar-refractivity contribution in [3.63, 3.8) is 0 Å². The van der Waals surface area contributed by atoms with E-state index < -0.39 is 5.97 Å². The number of nitrogens with zero attached hydrogens (tertiary/aromatic N) is 1. The minimum Gasteiger partial charge on any atom is -0.478 e. The Hall–Kier alpha value is -1.46. The SMILES string of the molecule is COCC1CCCN(c2c(Cl)cc(N)cc2C(=O)O)C1. The van der Waals surface area contributed by atoms with Gasteiger partial charge in [0.05, 0.1) is 22.9 Å². The molecule has 1 aromatic carbocycles. The van der Waals surface area contributed by atoms with Crippen LogP contribution in [0.15, 0.2) is 12.1 Å². The lowest BCUT2D eigenvalue weighted by Crippen LogP contribution is -2.38. The lowest BCUT2D eigenvalue weighted by molar-refractivity contribution is 0.0697. The van der Waals surface area contributed by atoms with Crippen molar-refractivity contribution in [3.05, 3.63) is 22.7 Å². The second-order valence-electron chi connectivity index (χ2n) is 5.11. The summed E-state index contributed by atoms with van der Waals surface area (Å²) in [6.45, 7) is 2.22. The van der Waals surface area contributed by atoms with Gasteiger partial charge in [0.15, 0.2) is 0 Å². The Morgan fingerprint density at radius 2 is 2.35 bits per heavy atom. The van der Waals surface area contributed by atoms with E-state index in [4.69, 9.17) is 22.1 Å². The summed E-state index contributed by atoms with van der Waals surface area (Å²) in [5.74, 6) is -0.618. The van der Waals surface area contributed by atoms with Crippen LogP contribution in [0, 0.1) is 5.92 Å². The van der Waals surface area contributed by atoms with Gasteiger partial charge in [-0.1, -0.05) is 11.6 Å². The summed E-state index contributed by atoms with van der Waals surface area (Å²) < 4.78 is 5.20. The number of carboxylic acids is 1. The van der Waals surface area contributed by atoms with Crippen molar-refractivity contribution < 1.29 is 14.6 Å². The number of halogens is 1. The van der Waals surface area contributed by atoms with Gasteiger partial charge in [0, 0.05) is 25.9 Å². The van der Waals surface area contributed by atoms with Crippen molar-refractivity contribution in [2.75, 3.05) is 37.4 Å². The van der Waals surface area contributed by atoms with Crippen molar-refractivity contribution in [2.45, 2.75) is 12.8 Å². The molecule has 2 rings (SSSR count). The Kier molecular flexibility index (Phi) is 4.73. The van der Waals surface area contributed by atoms with Gasteiger partial charge in [-0.05, 0) is 30.9 Å². The molecule has 1 aromatic rings. The first-order chi connectivity index (χ1) is 9.52. The summed E-state index contributed by atoms with van der Waals surface area (Å²) in [4.78, 5) is 13.4. The second-order valence-corrected chi connectivity index (χ2v) is 5.52. The predicted octanol–water partition coefficient (Wildman–Crippen LogP) is 2.48. The lowest BCUT2D eigenvalue weighted by atomic mass is 9.97. The first kappa shape index (κ1) is 14.9. The third-order valence-electron chi connectivity index (χ3n) is 3.55. The van der Waals surface area contributed by atoms with Gasteiger partial charge in [0.2, 0.25) is 0 Å². The molecule has 3 N–H and O–H groups in total. The zero-order valence-electron chi connectivity index (χ0n) is 11.4. The molecular weight excluding hydrogens is 280 g/mol. The van der Waals surface area contributed by atoms with Gasteiger partial charge >= 0.3 is 5.97 Å². The van der Waals surface area contributed by atoms with Crippen LogP contribution in [-0.4, -0.2) is 37.9 Å². The summed E-state index contributed by atoms with van der Waals surface area (Å²) in [6.07, 6.45) is 2.08. The molecule has 0 aliphatic carbocycles. The number of aromatic carboxylic acids is 1. The molecular formula is C14H19ClN2O3. The highest BCUT2D eigenvalue weighted by Crippen LogP contribution is 2.35. The first-order valence-corrected chi connectivity index (χ1v) is 6.97. The summed E-state index contributed by atoms with van der Waals surface area (Å²) in [6, 6.07) is 3.06. The van der Waals surface area contributed by atoms with Gasteiger partial charge in [-0.25, -0.2) is 4.79 Å². The highest BCUT2D eigenvalue weighted by molar-refractivity contribution is 6.34. The fourth-order valence-electron chi connectivity index (χ4n) is 2.74. The molecule has 0 aromatic heterocycles. The molecule has 1 saturated heterocycles. The van der Waals surface area contributed by atoms with Gasteiger partial charge in [-0.3, -0.25) is 0 Å². The molecule has 0 spiro atoms. The van der Waals surface area contributed by atoms with Crippen LogP contribution >= 0.6 is 11.6 Å². The maximum atomic E-state index is 11.4. The third kappa shape index (κ3) is 3.16. The Balaban J connectivity index is 2.33. The molecule has 20 heavy (non-hydrogen) atoms. The van der Waals surface area contributed by atoms with Gasteiger partial charge < -0.3 is 20.5 Å². The quantitative estimate of drug-likeness (QED) is 0.835. The van der Waals surface area contributed by atoms with Crippen LogP contribution in [0.3, 0.4) is 0 Å². The summed E-state index contributed by atoms with van der Waals surface area (Å²) in [7, 11) is 1.68. The minimum atomic E-state index is -1.01. The zero-order valence-corrected chi connectivity index (χ0v) is 12.2. The van der Waals surface area contributed by atoms with Crippen molar-refractivity contribution in [1.82, 2.24) is 0 Å². The predicted molar refractivity (Wildman–Crippen MR) is 79.6 cm³/mol. The molecule has 5 nitrogen and oxygen atoms in total. The lowest BCUT2D eigenvalue weighted by Gasteiger charge is -2.35. The largest absolute Gasteiger partial charge is 0.478 e. The zero-order chi connectivity index (χ0) is 14.7. The number of nitrogen functional groups attached to an aromatic ring is 1. The number of benzene rings is 1. The van der Waals surface area contributed by atoms with E-state index in [1.807, 2.05) is 4.90 Å². The molecule has 0 saturated carbocycles. The Morgan fingerprint density at radius 1 is 1.60 bits per heavy atom. The standard InChI is InChI=1S/C14H19ClN2O3/c1-20-8-9-3-2-4-17(7-9)13-11(14(18)19)5-10(16)6-12(13)15/h5-6,9H,2-4,7-8,16H2,1H3,(H,18,19). The minimum absolute atomic E-state index is 0.160. The van der Waals surface area contributed by atoms with Gasteiger partial charge in [-0.15, -0.1) is 0 Å². The summed E-state index contributed by atoms with van der Waals surface area (Å²) in [5, 5.41) is 9.74. The summed E-state index contributed by atoms with van der Waals surface area (Å²) in [5.41, 5.74) is 6.77. The molecule has 1 atom stereocenters. The van der Waals surface area contributed by atoms with Crippen molar-refractivity contribution >= 4 is 28.9 Å². The van der Waals surface area contributed by atoms with Crippen LogP contribution in [0.4, 0.5) is 11.4 Å². The molecule has 1 fully saturated rings. The van der Waals surface area contributed by atoms with E-state index in [1.54, 1.807) is 13.2 Å². The van der Waals surface area contributed by atoms with Crippen molar-refractivity contribution in [3.8, 4) is 0 Å². The van der Waals surface area contributed by atoms with Crippen molar-refractivity contribution in [2.24, 2.45) is 5.92 Å². The molecule has 1 aliphatic heterocycles. The fourth-order valence-corrected chi connectivity index (χ4v) is 3.09. The second kappa shape index (κ2) is 6.33. The number of hydrogen-bond donors (Lipinski definition) is 2. The highest BCUT2D eigenvalue weighted by Gasteiger charge is 2.25. The van der Waals surface area contributed by atoms with Crippen molar-refractivity contribution in [1.29, 1.82) is 0 Å². The van der Waals surface area contributed by atoms with E-state index in [-0.39, 0.29) is 5.56 Å². The number of carboxylic acid groups (broad SMARTS) is 1. The molecule has 110 valence electrons. The van der Waals surface area contributed by atoms with Gasteiger partial charge in [0.25, 0.3) is 0 Å². The molecule has 0 amide bonds. The monoisotopic (exact) mass is 298 g/mol.